The van der Waals surface area contributed by atoms with Crippen LogP contribution in [0.25, 0.3) is 10.8 Å². The van der Waals surface area contributed by atoms with Gasteiger partial charge in [-0.1, -0.05) is 109 Å². The highest BCUT2D eigenvalue weighted by Crippen LogP contribution is 2.48. The summed E-state index contributed by atoms with van der Waals surface area (Å²) in [6.45, 7) is 0.139. The fourth-order valence-corrected chi connectivity index (χ4v) is 8.55. The molecule has 0 fully saturated rings. The molecule has 0 atom stereocenters. The van der Waals surface area contributed by atoms with E-state index < -0.39 is 0 Å². The highest BCUT2D eigenvalue weighted by atomic mass is 15.2. The van der Waals surface area contributed by atoms with Crippen LogP contribution in [0.1, 0.15) is 25.7 Å². The van der Waals surface area contributed by atoms with Crippen molar-refractivity contribution in [2.24, 2.45) is 0 Å². The van der Waals surface area contributed by atoms with Gasteiger partial charge in [0, 0.05) is 51.2 Å². The van der Waals surface area contributed by atoms with Gasteiger partial charge in [-0.05, 0) is 114 Å². The quantitative estimate of drug-likeness (QED) is 0.174. The predicted octanol–water partition coefficient (Wildman–Crippen LogP) is 10.6. The average molecular weight is 642 g/mol. The van der Waals surface area contributed by atoms with Gasteiger partial charge in [-0.25, -0.2) is 0 Å². The molecule has 238 valence electrons. The van der Waals surface area contributed by atoms with E-state index in [2.05, 4.69) is 185 Å². The smallest absolute Gasteiger partial charge is 0.251 e. The lowest BCUT2D eigenvalue weighted by atomic mass is 9.32. The zero-order chi connectivity index (χ0) is 33.0. The van der Waals surface area contributed by atoms with E-state index in [9.17, 15) is 0 Å². The Morgan fingerprint density at radius 3 is 2.02 bits per heavy atom. The first kappa shape index (κ1) is 29.0. The lowest BCUT2D eigenvalue weighted by Gasteiger charge is -2.48. The van der Waals surface area contributed by atoms with Crippen molar-refractivity contribution in [1.82, 2.24) is 0 Å². The summed E-state index contributed by atoms with van der Waals surface area (Å²) in [6, 6.07) is 53.4. The van der Waals surface area contributed by atoms with Crippen molar-refractivity contribution in [1.29, 1.82) is 0 Å². The van der Waals surface area contributed by atoms with Crippen molar-refractivity contribution < 1.29 is 0 Å². The number of benzene rings is 6. The largest absolute Gasteiger partial charge is 0.315 e. The minimum Gasteiger partial charge on any atom is -0.315 e. The van der Waals surface area contributed by atoms with Crippen molar-refractivity contribution in [2.45, 2.75) is 25.7 Å². The van der Waals surface area contributed by atoms with Gasteiger partial charge in [-0.3, -0.25) is 0 Å². The number of fused-ring (bicyclic) bond motifs is 5. The molecule has 3 nitrogen and oxygen atoms in total. The number of nitrogens with zero attached hydrogens (tertiary/aromatic N) is 3. The first-order valence-corrected chi connectivity index (χ1v) is 17.9. The van der Waals surface area contributed by atoms with Crippen LogP contribution in [0.2, 0.25) is 0 Å². The monoisotopic (exact) mass is 641 g/mol. The molecule has 6 aromatic rings. The summed E-state index contributed by atoms with van der Waals surface area (Å²) in [6.07, 6.45) is 13.8. The van der Waals surface area contributed by atoms with Crippen LogP contribution < -0.4 is 25.6 Å². The summed E-state index contributed by atoms with van der Waals surface area (Å²) in [5.41, 5.74) is 15.3. The molecule has 0 amide bonds. The second-order valence-electron chi connectivity index (χ2n) is 13.5. The predicted molar refractivity (Wildman–Crippen MR) is 212 cm³/mol. The van der Waals surface area contributed by atoms with E-state index in [0.717, 1.165) is 42.7 Å². The number of allylic oxidation sites excluding steroid dienone is 6. The van der Waals surface area contributed by atoms with E-state index in [0.29, 0.717) is 0 Å². The van der Waals surface area contributed by atoms with Gasteiger partial charge in [0.15, 0.2) is 0 Å². The highest BCUT2D eigenvalue weighted by molar-refractivity contribution is 6.94. The van der Waals surface area contributed by atoms with Gasteiger partial charge in [0.25, 0.3) is 6.71 Å². The Hall–Kier alpha value is -6.00. The average Bonchev–Trinajstić information content (AvgIpc) is 3.19. The van der Waals surface area contributed by atoms with E-state index >= 15 is 0 Å². The summed E-state index contributed by atoms with van der Waals surface area (Å²) in [4.78, 5) is 7.51. The van der Waals surface area contributed by atoms with Gasteiger partial charge in [-0.2, -0.15) is 0 Å². The van der Waals surface area contributed by atoms with Gasteiger partial charge in [0.2, 0.25) is 0 Å². The molecule has 50 heavy (non-hydrogen) atoms. The highest BCUT2D eigenvalue weighted by Gasteiger charge is 2.46. The van der Waals surface area contributed by atoms with Crippen LogP contribution in [0.5, 0.6) is 0 Å². The van der Waals surface area contributed by atoms with Gasteiger partial charge in [-0.15, -0.1) is 0 Å². The topological polar surface area (TPSA) is 9.72 Å². The zero-order valence-corrected chi connectivity index (χ0v) is 27.9. The van der Waals surface area contributed by atoms with E-state index in [1.807, 2.05) is 0 Å². The molecule has 6 aromatic carbocycles. The van der Waals surface area contributed by atoms with Crippen molar-refractivity contribution >= 4 is 62.5 Å². The third-order valence-corrected chi connectivity index (χ3v) is 10.7. The fraction of sp³-hybridized carbons (Fsp3) is 0.0870. The summed E-state index contributed by atoms with van der Waals surface area (Å²) >= 11 is 0. The summed E-state index contributed by atoms with van der Waals surface area (Å²) in [7, 11) is 0. The first-order valence-electron chi connectivity index (χ1n) is 17.9. The van der Waals surface area contributed by atoms with Gasteiger partial charge in [0.05, 0.1) is 0 Å². The number of hydrogen-bond donors (Lipinski definition) is 0. The van der Waals surface area contributed by atoms with Crippen LogP contribution in [0, 0.1) is 0 Å². The first-order chi connectivity index (χ1) is 24.8. The lowest BCUT2D eigenvalue weighted by molar-refractivity contribution is 0.859. The molecule has 0 spiro atoms. The SMILES string of the molecule is C1=CC(N2C3=C4B(c5ccccc52)c2ccc(N(c5ccccc5)c5ccccc5)cc2N(c2ccc5ccccc5c2)C4=CCC3)=CCC1. The van der Waals surface area contributed by atoms with Crippen molar-refractivity contribution in [3.8, 4) is 0 Å². The molecule has 2 aliphatic carbocycles. The lowest BCUT2D eigenvalue weighted by Crippen LogP contribution is -2.57. The van der Waals surface area contributed by atoms with Crippen LogP contribution >= 0.6 is 0 Å². The molecule has 0 aromatic heterocycles. The van der Waals surface area contributed by atoms with Crippen LogP contribution in [0.15, 0.2) is 192 Å². The van der Waals surface area contributed by atoms with Gasteiger partial charge >= 0.3 is 0 Å². The maximum Gasteiger partial charge on any atom is 0.251 e. The molecule has 0 saturated heterocycles. The number of anilines is 6. The minimum atomic E-state index is 0.139. The summed E-state index contributed by atoms with van der Waals surface area (Å²) in [5.74, 6) is 0. The van der Waals surface area contributed by atoms with Crippen LogP contribution in [0.4, 0.5) is 34.1 Å². The van der Waals surface area contributed by atoms with E-state index in [1.165, 1.54) is 61.3 Å². The molecule has 4 heteroatoms. The van der Waals surface area contributed by atoms with E-state index in [4.69, 9.17) is 0 Å². The second kappa shape index (κ2) is 11.9. The normalized spacial score (nSPS) is 16.0. The maximum atomic E-state index is 2.58. The Balaban J connectivity index is 1.25. The summed E-state index contributed by atoms with van der Waals surface area (Å²) in [5, 5.41) is 2.50. The zero-order valence-electron chi connectivity index (χ0n) is 27.9. The molecule has 0 unspecified atom stereocenters. The Kier molecular flexibility index (Phi) is 6.87. The third-order valence-electron chi connectivity index (χ3n) is 10.7. The Morgan fingerprint density at radius 1 is 0.520 bits per heavy atom. The van der Waals surface area contributed by atoms with Crippen LogP contribution in [0.3, 0.4) is 0 Å². The standard InChI is InChI=1S/C46H36BN3/c1-4-17-35(18-5-1)48(36-19-6-2-7-20-36)39-29-30-41-45(32-39)50(38-28-27-33-15-10-11-16-34(33)31-38)44-26-14-25-43-46(44)47(41)40-23-12-13-24-42(40)49(43)37-21-8-3-9-22-37/h1-2,4-8,10-13,15-24,26-32H,3,9,14,25H2. The van der Waals surface area contributed by atoms with Crippen LogP contribution in [-0.2, 0) is 0 Å². The second-order valence-corrected chi connectivity index (χ2v) is 13.5. The minimum absolute atomic E-state index is 0.139. The molecule has 2 aliphatic heterocycles. The van der Waals surface area contributed by atoms with E-state index in [-0.39, 0.29) is 6.71 Å². The molecule has 10 rings (SSSR count). The van der Waals surface area contributed by atoms with E-state index in [1.54, 1.807) is 0 Å². The molecule has 4 aliphatic rings. The van der Waals surface area contributed by atoms with Gasteiger partial charge < -0.3 is 14.7 Å². The molecule has 2 heterocycles. The Bertz CT molecular complexity index is 2370. The molecular weight excluding hydrogens is 605 g/mol. The van der Waals surface area contributed by atoms with Crippen LogP contribution in [-0.4, -0.2) is 6.71 Å². The number of hydrogen-bond acceptors (Lipinski definition) is 3. The molecule has 0 radical (unpaired) electrons. The van der Waals surface area contributed by atoms with Crippen molar-refractivity contribution in [3.63, 3.8) is 0 Å². The molecule has 0 N–H and O–H groups in total. The van der Waals surface area contributed by atoms with Crippen molar-refractivity contribution in [2.75, 3.05) is 14.7 Å². The van der Waals surface area contributed by atoms with Crippen molar-refractivity contribution in [3.05, 3.63) is 192 Å². The van der Waals surface area contributed by atoms with Gasteiger partial charge in [0.1, 0.15) is 0 Å². The maximum absolute atomic E-state index is 2.58. The number of para-hydroxylation sites is 3. The molecular formula is C46H36BN3. The third kappa shape index (κ3) is 4.59. The number of rotatable bonds is 5. The molecule has 0 bridgehead atoms. The Labute approximate surface area is 294 Å². The molecule has 0 saturated carbocycles. The Morgan fingerprint density at radius 2 is 1.24 bits per heavy atom. The summed E-state index contributed by atoms with van der Waals surface area (Å²) < 4.78 is 0. The fourth-order valence-electron chi connectivity index (χ4n) is 8.55.